The minimum atomic E-state index is -0.973. The molecule has 0 radical (unpaired) electrons. The average Bonchev–Trinajstić information content (AvgIpc) is 3.18. The number of carbonyl (C=O) groups excluding carboxylic acids is 3. The van der Waals surface area contributed by atoms with Crippen molar-refractivity contribution in [3.63, 3.8) is 0 Å². The zero-order valence-corrected chi connectivity index (χ0v) is 20.1. The number of aliphatic hydroxyl groups excluding tert-OH is 1. The molecule has 8 heteroatoms. The molecular formula is C28H25NO7. The van der Waals surface area contributed by atoms with E-state index in [1.807, 2.05) is 0 Å². The first-order valence-electron chi connectivity index (χ1n) is 11.3. The largest absolute Gasteiger partial charge is 0.507 e. The Balaban J connectivity index is 1.91. The molecule has 1 fully saturated rings. The molecule has 4 rings (SSSR count). The monoisotopic (exact) mass is 487 g/mol. The quantitative estimate of drug-likeness (QED) is 0.226. The van der Waals surface area contributed by atoms with Gasteiger partial charge in [0.25, 0.3) is 11.7 Å². The van der Waals surface area contributed by atoms with Crippen LogP contribution in [0.1, 0.15) is 34.5 Å². The smallest absolute Gasteiger partial charge is 0.338 e. The van der Waals surface area contributed by atoms with Gasteiger partial charge in [0, 0.05) is 11.3 Å². The Bertz CT molecular complexity index is 1340. The molecule has 1 unspecified atom stereocenters. The van der Waals surface area contributed by atoms with Crippen molar-refractivity contribution in [2.24, 2.45) is 0 Å². The Morgan fingerprint density at radius 3 is 2.25 bits per heavy atom. The van der Waals surface area contributed by atoms with Crippen molar-refractivity contribution < 1.29 is 33.7 Å². The fourth-order valence-electron chi connectivity index (χ4n) is 4.13. The Kier molecular flexibility index (Phi) is 7.05. The van der Waals surface area contributed by atoms with Crippen LogP contribution in [0.4, 0.5) is 5.69 Å². The number of Topliss-reactive ketones (excluding diaryl/α,β-unsaturated/α-hetero) is 1. The number of amides is 1. The summed E-state index contributed by atoms with van der Waals surface area (Å²) in [4.78, 5) is 40.3. The van der Waals surface area contributed by atoms with E-state index in [1.165, 1.54) is 25.2 Å². The van der Waals surface area contributed by atoms with E-state index in [1.54, 1.807) is 73.7 Å². The number of carbonyl (C=O) groups is 3. The van der Waals surface area contributed by atoms with Crippen molar-refractivity contribution in [2.45, 2.75) is 13.0 Å². The van der Waals surface area contributed by atoms with Crippen LogP contribution in [0.2, 0.25) is 0 Å². The molecule has 3 aromatic carbocycles. The Morgan fingerprint density at radius 2 is 1.58 bits per heavy atom. The summed E-state index contributed by atoms with van der Waals surface area (Å²) in [5.74, 6) is -1.47. The number of benzene rings is 3. The highest BCUT2D eigenvalue weighted by Gasteiger charge is 2.47. The van der Waals surface area contributed by atoms with E-state index < -0.39 is 23.7 Å². The molecule has 1 amide bonds. The first kappa shape index (κ1) is 24.5. The van der Waals surface area contributed by atoms with Gasteiger partial charge in [0.1, 0.15) is 17.3 Å². The molecule has 1 aliphatic heterocycles. The van der Waals surface area contributed by atoms with Gasteiger partial charge in [-0.15, -0.1) is 0 Å². The first-order chi connectivity index (χ1) is 17.4. The van der Waals surface area contributed by atoms with Crippen LogP contribution in [-0.2, 0) is 14.3 Å². The number of hydrogen-bond donors (Lipinski definition) is 1. The van der Waals surface area contributed by atoms with Gasteiger partial charge in [0.05, 0.1) is 38.0 Å². The third kappa shape index (κ3) is 4.53. The number of ketones is 1. The van der Waals surface area contributed by atoms with Gasteiger partial charge in [-0.1, -0.05) is 18.2 Å². The van der Waals surface area contributed by atoms with E-state index in [0.29, 0.717) is 28.3 Å². The number of esters is 1. The van der Waals surface area contributed by atoms with Gasteiger partial charge in [-0.25, -0.2) is 4.79 Å². The number of nitrogens with zero attached hydrogens (tertiary/aromatic N) is 1. The minimum Gasteiger partial charge on any atom is -0.507 e. The maximum absolute atomic E-state index is 13.4. The third-order valence-electron chi connectivity index (χ3n) is 5.85. The SMILES string of the molecule is CCOC(=O)c1cccc(N2C(=O)C(=O)/C(=C(/O)c3ccc(OC)cc3)C2c2cccc(OC)c2)c1. The number of aliphatic hydroxyl groups is 1. The maximum atomic E-state index is 13.4. The molecule has 0 spiro atoms. The summed E-state index contributed by atoms with van der Waals surface area (Å²) in [6.07, 6.45) is 0. The molecule has 0 saturated carbocycles. The molecule has 1 aliphatic rings. The van der Waals surface area contributed by atoms with Crippen LogP contribution >= 0.6 is 0 Å². The zero-order chi connectivity index (χ0) is 25.8. The van der Waals surface area contributed by atoms with E-state index in [9.17, 15) is 19.5 Å². The predicted octanol–water partition coefficient (Wildman–Crippen LogP) is 4.51. The molecule has 0 bridgehead atoms. The fourth-order valence-corrected chi connectivity index (χ4v) is 4.13. The lowest BCUT2D eigenvalue weighted by atomic mass is 9.95. The second-order valence-electron chi connectivity index (χ2n) is 7.95. The van der Waals surface area contributed by atoms with E-state index >= 15 is 0 Å². The highest BCUT2D eigenvalue weighted by Crippen LogP contribution is 2.43. The summed E-state index contributed by atoms with van der Waals surface area (Å²) in [5, 5.41) is 11.2. The number of ether oxygens (including phenoxy) is 3. The molecule has 0 aromatic heterocycles. The van der Waals surface area contributed by atoms with Crippen LogP contribution in [0, 0.1) is 0 Å². The van der Waals surface area contributed by atoms with E-state index in [-0.39, 0.29) is 23.5 Å². The maximum Gasteiger partial charge on any atom is 0.338 e. The van der Waals surface area contributed by atoms with Gasteiger partial charge in [-0.05, 0) is 67.1 Å². The summed E-state index contributed by atoms with van der Waals surface area (Å²) in [5.41, 5.74) is 1.35. The molecule has 1 N–H and O–H groups in total. The Labute approximate surface area is 208 Å². The van der Waals surface area contributed by atoms with Crippen molar-refractivity contribution in [2.75, 3.05) is 25.7 Å². The number of anilines is 1. The normalized spacial score (nSPS) is 16.6. The second-order valence-corrected chi connectivity index (χ2v) is 7.95. The summed E-state index contributed by atoms with van der Waals surface area (Å²) in [7, 11) is 3.03. The first-order valence-corrected chi connectivity index (χ1v) is 11.3. The molecule has 8 nitrogen and oxygen atoms in total. The van der Waals surface area contributed by atoms with Crippen LogP contribution in [0.5, 0.6) is 11.5 Å². The molecule has 1 heterocycles. The van der Waals surface area contributed by atoms with Gasteiger partial charge in [-0.3, -0.25) is 14.5 Å². The van der Waals surface area contributed by atoms with Crippen LogP contribution in [-0.4, -0.2) is 43.6 Å². The van der Waals surface area contributed by atoms with Crippen LogP contribution in [0.3, 0.4) is 0 Å². The molecule has 184 valence electrons. The third-order valence-corrected chi connectivity index (χ3v) is 5.85. The molecular weight excluding hydrogens is 462 g/mol. The summed E-state index contributed by atoms with van der Waals surface area (Å²) in [6.45, 7) is 1.89. The number of rotatable bonds is 7. The summed E-state index contributed by atoms with van der Waals surface area (Å²) in [6, 6.07) is 18.7. The lowest BCUT2D eigenvalue weighted by Crippen LogP contribution is -2.29. The lowest BCUT2D eigenvalue weighted by Gasteiger charge is -2.26. The molecule has 0 aliphatic carbocycles. The average molecular weight is 488 g/mol. The predicted molar refractivity (Wildman–Crippen MR) is 133 cm³/mol. The van der Waals surface area contributed by atoms with Crippen LogP contribution in [0.15, 0.2) is 78.4 Å². The molecule has 36 heavy (non-hydrogen) atoms. The highest BCUT2D eigenvalue weighted by atomic mass is 16.5. The van der Waals surface area contributed by atoms with Gasteiger partial charge in [0.2, 0.25) is 0 Å². The minimum absolute atomic E-state index is 0.0834. The van der Waals surface area contributed by atoms with Gasteiger partial charge >= 0.3 is 5.97 Å². The zero-order valence-electron chi connectivity index (χ0n) is 20.1. The van der Waals surface area contributed by atoms with Crippen molar-refractivity contribution in [3.8, 4) is 11.5 Å². The highest BCUT2D eigenvalue weighted by molar-refractivity contribution is 6.51. The molecule has 3 aromatic rings. The van der Waals surface area contributed by atoms with Crippen LogP contribution in [0.25, 0.3) is 5.76 Å². The van der Waals surface area contributed by atoms with Gasteiger partial charge < -0.3 is 19.3 Å². The molecule has 1 atom stereocenters. The molecule has 1 saturated heterocycles. The van der Waals surface area contributed by atoms with E-state index in [4.69, 9.17) is 14.2 Å². The Hall–Kier alpha value is -4.59. The van der Waals surface area contributed by atoms with E-state index in [2.05, 4.69) is 0 Å². The Morgan fingerprint density at radius 1 is 0.889 bits per heavy atom. The van der Waals surface area contributed by atoms with Crippen molar-refractivity contribution >= 4 is 29.1 Å². The fraction of sp³-hybridized carbons (Fsp3) is 0.179. The van der Waals surface area contributed by atoms with Gasteiger partial charge in [0.15, 0.2) is 0 Å². The summed E-state index contributed by atoms with van der Waals surface area (Å²) >= 11 is 0. The summed E-state index contributed by atoms with van der Waals surface area (Å²) < 4.78 is 15.6. The second kappa shape index (κ2) is 10.4. The number of methoxy groups -OCH3 is 2. The standard InChI is InChI=1S/C28H25NO7/c1-4-36-28(33)19-8-5-9-20(15-19)29-24(18-7-6-10-22(16-18)35-3)23(26(31)27(29)32)25(30)17-11-13-21(34-2)14-12-17/h5-16,24,30H,4H2,1-3H3/b25-23+. The van der Waals surface area contributed by atoms with Crippen molar-refractivity contribution in [3.05, 3.63) is 95.1 Å². The number of hydrogen-bond acceptors (Lipinski definition) is 7. The van der Waals surface area contributed by atoms with Crippen molar-refractivity contribution in [1.82, 2.24) is 0 Å². The lowest BCUT2D eigenvalue weighted by molar-refractivity contribution is -0.132. The van der Waals surface area contributed by atoms with Gasteiger partial charge in [-0.2, -0.15) is 0 Å². The van der Waals surface area contributed by atoms with E-state index in [0.717, 1.165) is 0 Å². The van der Waals surface area contributed by atoms with Crippen molar-refractivity contribution in [1.29, 1.82) is 0 Å². The van der Waals surface area contributed by atoms with Crippen LogP contribution < -0.4 is 14.4 Å². The topological polar surface area (TPSA) is 102 Å².